The van der Waals surface area contributed by atoms with Gasteiger partial charge in [-0.1, -0.05) is 20.8 Å². The summed E-state index contributed by atoms with van der Waals surface area (Å²) in [5.74, 6) is -0.337. The molecule has 14 heavy (non-hydrogen) atoms. The van der Waals surface area contributed by atoms with E-state index in [2.05, 4.69) is 25.7 Å². The highest BCUT2D eigenvalue weighted by atomic mass is 16.4. The Morgan fingerprint density at radius 2 is 1.79 bits per heavy atom. The van der Waals surface area contributed by atoms with Gasteiger partial charge in [0.25, 0.3) is 0 Å². The van der Waals surface area contributed by atoms with Crippen LogP contribution in [0.1, 0.15) is 34.1 Å². The fourth-order valence-corrected chi connectivity index (χ4v) is 1.55. The minimum atomic E-state index is -0.714. The van der Waals surface area contributed by atoms with E-state index in [-0.39, 0.29) is 5.92 Å². The maximum atomic E-state index is 10.7. The molecule has 0 saturated heterocycles. The molecule has 0 rings (SSSR count). The van der Waals surface area contributed by atoms with Gasteiger partial charge < -0.3 is 10.0 Å². The van der Waals surface area contributed by atoms with Crippen LogP contribution in [-0.4, -0.2) is 35.6 Å². The van der Waals surface area contributed by atoms with Crippen molar-refractivity contribution >= 4 is 5.97 Å². The quantitative estimate of drug-likeness (QED) is 0.715. The van der Waals surface area contributed by atoms with Crippen molar-refractivity contribution in [3.8, 4) is 0 Å². The number of rotatable bonds is 6. The van der Waals surface area contributed by atoms with Gasteiger partial charge in [0.2, 0.25) is 0 Å². The Labute approximate surface area is 87.1 Å². The first kappa shape index (κ1) is 13.4. The molecule has 0 bridgehead atoms. The van der Waals surface area contributed by atoms with E-state index in [0.717, 1.165) is 6.42 Å². The Morgan fingerprint density at radius 1 is 1.29 bits per heavy atom. The molecular formula is C11H23NO2. The van der Waals surface area contributed by atoms with Gasteiger partial charge in [-0.2, -0.15) is 0 Å². The van der Waals surface area contributed by atoms with Crippen LogP contribution in [-0.2, 0) is 4.79 Å². The van der Waals surface area contributed by atoms with E-state index in [4.69, 9.17) is 5.11 Å². The number of hydrogen-bond acceptors (Lipinski definition) is 2. The maximum absolute atomic E-state index is 10.7. The van der Waals surface area contributed by atoms with Crippen LogP contribution in [0.2, 0.25) is 0 Å². The highest BCUT2D eigenvalue weighted by molar-refractivity contribution is 5.69. The Morgan fingerprint density at radius 3 is 2.14 bits per heavy atom. The highest BCUT2D eigenvalue weighted by Gasteiger charge is 2.17. The van der Waals surface area contributed by atoms with Crippen molar-refractivity contribution < 1.29 is 9.90 Å². The largest absolute Gasteiger partial charge is 0.481 e. The molecule has 0 amide bonds. The van der Waals surface area contributed by atoms with Crippen LogP contribution in [0.3, 0.4) is 0 Å². The van der Waals surface area contributed by atoms with Gasteiger partial charge in [-0.3, -0.25) is 4.79 Å². The van der Waals surface area contributed by atoms with E-state index in [9.17, 15) is 4.79 Å². The molecule has 1 N–H and O–H groups in total. The summed E-state index contributed by atoms with van der Waals surface area (Å²) < 4.78 is 0. The summed E-state index contributed by atoms with van der Waals surface area (Å²) in [6.07, 6.45) is 1.11. The topological polar surface area (TPSA) is 40.5 Å². The highest BCUT2D eigenvalue weighted by Crippen LogP contribution is 2.11. The third-order valence-electron chi connectivity index (χ3n) is 2.55. The van der Waals surface area contributed by atoms with Crippen molar-refractivity contribution in [3.63, 3.8) is 0 Å². The van der Waals surface area contributed by atoms with Crippen molar-refractivity contribution in [3.05, 3.63) is 0 Å². The molecule has 0 radical (unpaired) electrons. The van der Waals surface area contributed by atoms with E-state index >= 15 is 0 Å². The normalized spacial score (nSPS) is 15.9. The van der Waals surface area contributed by atoms with Crippen molar-refractivity contribution in [2.45, 2.75) is 40.2 Å². The molecule has 0 aromatic heterocycles. The molecule has 0 heterocycles. The lowest BCUT2D eigenvalue weighted by Crippen LogP contribution is -2.35. The summed E-state index contributed by atoms with van der Waals surface area (Å²) in [7, 11) is 1.99. The third-order valence-corrected chi connectivity index (χ3v) is 2.55. The molecule has 0 saturated carbocycles. The van der Waals surface area contributed by atoms with Crippen molar-refractivity contribution in [1.29, 1.82) is 0 Å². The minimum absolute atomic E-state index is 0.283. The first-order chi connectivity index (χ1) is 6.34. The van der Waals surface area contributed by atoms with Gasteiger partial charge in [0.05, 0.1) is 5.92 Å². The average Bonchev–Trinajstić information content (AvgIpc) is 2.02. The zero-order valence-corrected chi connectivity index (χ0v) is 9.95. The van der Waals surface area contributed by atoms with Crippen LogP contribution >= 0.6 is 0 Å². The zero-order valence-electron chi connectivity index (χ0n) is 9.95. The summed E-state index contributed by atoms with van der Waals surface area (Å²) in [4.78, 5) is 12.8. The van der Waals surface area contributed by atoms with E-state index < -0.39 is 5.97 Å². The van der Waals surface area contributed by atoms with Crippen LogP contribution in [0.25, 0.3) is 0 Å². The molecule has 0 aliphatic heterocycles. The zero-order chi connectivity index (χ0) is 11.3. The second kappa shape index (κ2) is 6.02. The fourth-order valence-electron chi connectivity index (χ4n) is 1.55. The number of hydrogen-bond donors (Lipinski definition) is 1. The Balaban J connectivity index is 3.94. The second-order valence-electron chi connectivity index (χ2n) is 4.66. The molecule has 2 atom stereocenters. The van der Waals surface area contributed by atoms with Crippen LogP contribution in [0, 0.1) is 11.8 Å². The van der Waals surface area contributed by atoms with Gasteiger partial charge in [-0.15, -0.1) is 0 Å². The number of nitrogens with zero attached hydrogens (tertiary/aromatic N) is 1. The Hall–Kier alpha value is -0.570. The van der Waals surface area contributed by atoms with E-state index in [1.54, 1.807) is 6.92 Å². The number of carboxylic acids is 1. The van der Waals surface area contributed by atoms with Crippen LogP contribution in [0.15, 0.2) is 0 Å². The number of aliphatic carboxylic acids is 1. The number of carboxylic acid groups (broad SMARTS) is 1. The monoisotopic (exact) mass is 201 g/mol. The van der Waals surface area contributed by atoms with Crippen molar-refractivity contribution in [2.24, 2.45) is 11.8 Å². The van der Waals surface area contributed by atoms with Crippen molar-refractivity contribution in [1.82, 2.24) is 4.90 Å². The lowest BCUT2D eigenvalue weighted by Gasteiger charge is -2.27. The lowest BCUT2D eigenvalue weighted by molar-refractivity contribution is -0.141. The maximum Gasteiger partial charge on any atom is 0.307 e. The Bertz CT molecular complexity index is 180. The van der Waals surface area contributed by atoms with E-state index in [0.29, 0.717) is 18.5 Å². The first-order valence-electron chi connectivity index (χ1n) is 5.27. The molecule has 0 aromatic rings. The van der Waals surface area contributed by atoms with Gasteiger partial charge in [0.15, 0.2) is 0 Å². The molecule has 0 fully saturated rings. The van der Waals surface area contributed by atoms with Gasteiger partial charge in [0.1, 0.15) is 0 Å². The minimum Gasteiger partial charge on any atom is -0.481 e. The summed E-state index contributed by atoms with van der Waals surface area (Å²) in [6.45, 7) is 8.90. The second-order valence-corrected chi connectivity index (χ2v) is 4.66. The van der Waals surface area contributed by atoms with Gasteiger partial charge >= 0.3 is 5.97 Å². The van der Waals surface area contributed by atoms with Crippen LogP contribution < -0.4 is 0 Å². The molecule has 0 aromatic carbocycles. The number of carbonyl (C=O) groups is 1. The molecule has 3 heteroatoms. The summed E-state index contributed by atoms with van der Waals surface area (Å²) >= 11 is 0. The molecule has 2 unspecified atom stereocenters. The van der Waals surface area contributed by atoms with Crippen molar-refractivity contribution in [2.75, 3.05) is 13.6 Å². The van der Waals surface area contributed by atoms with E-state index in [1.165, 1.54) is 0 Å². The van der Waals surface area contributed by atoms with E-state index in [1.807, 2.05) is 7.05 Å². The van der Waals surface area contributed by atoms with Crippen LogP contribution in [0.5, 0.6) is 0 Å². The average molecular weight is 201 g/mol. The standard InChI is InChI=1S/C11H23NO2/c1-8(2)6-10(4)12(5)7-9(3)11(13)14/h8-10H,6-7H2,1-5H3,(H,13,14). The summed E-state index contributed by atoms with van der Waals surface area (Å²) in [5, 5.41) is 8.77. The summed E-state index contributed by atoms with van der Waals surface area (Å²) in [5.41, 5.74) is 0. The van der Waals surface area contributed by atoms with Crippen LogP contribution in [0.4, 0.5) is 0 Å². The molecule has 0 spiro atoms. The summed E-state index contributed by atoms with van der Waals surface area (Å²) in [6, 6.07) is 0.455. The first-order valence-corrected chi connectivity index (χ1v) is 5.27. The molecule has 84 valence electrons. The predicted molar refractivity (Wildman–Crippen MR) is 58.3 cm³/mol. The molecule has 3 nitrogen and oxygen atoms in total. The third kappa shape index (κ3) is 5.22. The van der Waals surface area contributed by atoms with Gasteiger partial charge in [0, 0.05) is 12.6 Å². The molecule has 0 aliphatic rings. The van der Waals surface area contributed by atoms with Gasteiger partial charge in [-0.25, -0.2) is 0 Å². The fraction of sp³-hybridized carbons (Fsp3) is 0.909. The Kier molecular flexibility index (Phi) is 5.77. The SMILES string of the molecule is CC(C)CC(C)N(C)CC(C)C(=O)O. The van der Waals surface area contributed by atoms with Gasteiger partial charge in [-0.05, 0) is 26.3 Å². The molecular weight excluding hydrogens is 178 g/mol. The lowest BCUT2D eigenvalue weighted by atomic mass is 10.0. The smallest absolute Gasteiger partial charge is 0.307 e. The predicted octanol–water partition coefficient (Wildman–Crippen LogP) is 2.07. The molecule has 0 aliphatic carbocycles.